The maximum Gasteiger partial charge on any atom is 0.304 e. The Morgan fingerprint density at radius 3 is 2.21 bits per heavy atom. The van der Waals surface area contributed by atoms with Crippen LogP contribution in [0.4, 0.5) is 0 Å². The molecule has 0 aliphatic carbocycles. The third-order valence-electron chi connectivity index (χ3n) is 4.86. The molecular weight excluding hydrogens is 443 g/mol. The van der Waals surface area contributed by atoms with Gasteiger partial charge in [0, 0.05) is 4.47 Å². The molecule has 2 aromatic carbocycles. The summed E-state index contributed by atoms with van der Waals surface area (Å²) < 4.78 is 36.1. The highest BCUT2D eigenvalue weighted by atomic mass is 79.9. The molecule has 0 fully saturated rings. The SMILES string of the molecule is BC(B)(c1ccccc1)S(=O)(=O)OC1=C(N)O[C@@](B)(c2ccc(Br)cc2)C1=O. The number of ketones is 1. The van der Waals surface area contributed by atoms with E-state index in [1.54, 1.807) is 54.6 Å². The molecule has 142 valence electrons. The average molecular weight is 460 g/mol. The molecule has 0 aromatic heterocycles. The van der Waals surface area contributed by atoms with Gasteiger partial charge in [0.1, 0.15) is 15.7 Å². The van der Waals surface area contributed by atoms with Gasteiger partial charge < -0.3 is 14.7 Å². The van der Waals surface area contributed by atoms with Crippen LogP contribution in [0.2, 0.25) is 0 Å². The Bertz CT molecular complexity index is 1060. The number of hydrogen-bond donors (Lipinski definition) is 1. The van der Waals surface area contributed by atoms with Crippen molar-refractivity contribution in [2.24, 2.45) is 5.73 Å². The van der Waals surface area contributed by atoms with Crippen LogP contribution in [0.5, 0.6) is 0 Å². The van der Waals surface area contributed by atoms with Gasteiger partial charge in [-0.25, -0.2) is 0 Å². The Morgan fingerprint density at radius 1 is 1.07 bits per heavy atom. The number of hydrogen-bond acceptors (Lipinski definition) is 6. The number of halogens is 1. The quantitative estimate of drug-likeness (QED) is 0.473. The minimum atomic E-state index is -4.25. The lowest BCUT2D eigenvalue weighted by atomic mass is 9.65. The van der Waals surface area contributed by atoms with Crippen LogP contribution in [-0.2, 0) is 33.9 Å². The zero-order valence-corrected chi connectivity index (χ0v) is 18.0. The normalized spacial score (nSPS) is 20.1. The predicted octanol–water partition coefficient (Wildman–Crippen LogP) is -0.615. The van der Waals surface area contributed by atoms with Crippen LogP contribution in [0.1, 0.15) is 11.1 Å². The molecule has 2 N–H and O–H groups in total. The van der Waals surface area contributed by atoms with E-state index in [0.717, 1.165) is 4.47 Å². The van der Waals surface area contributed by atoms with Crippen molar-refractivity contribution in [3.63, 3.8) is 0 Å². The molecule has 2 aromatic rings. The second-order valence-corrected chi connectivity index (χ2v) is 10.1. The van der Waals surface area contributed by atoms with Gasteiger partial charge in [-0.15, -0.1) is 0 Å². The standard InChI is InChI=1S/C17H17B3BrNO5S/c18-16(10-6-8-12(21)9-7-10)14(23)13(15(22)26-16)27-28(24,25)17(19,20)11-4-2-1-3-5-11/h1-9H,18-20,22H2/t16-/m0/s1. The molecule has 1 heterocycles. The predicted molar refractivity (Wildman–Crippen MR) is 117 cm³/mol. The van der Waals surface area contributed by atoms with Crippen LogP contribution in [0.15, 0.2) is 70.7 Å². The molecule has 6 nitrogen and oxygen atoms in total. The van der Waals surface area contributed by atoms with Gasteiger partial charge in [0.2, 0.25) is 17.4 Å². The minimum absolute atomic E-state index is 0.358. The summed E-state index contributed by atoms with van der Waals surface area (Å²) in [7, 11) is 0.282. The first-order valence-corrected chi connectivity index (χ1v) is 10.7. The highest BCUT2D eigenvalue weighted by Crippen LogP contribution is 2.38. The molecule has 0 bridgehead atoms. The fourth-order valence-electron chi connectivity index (χ4n) is 2.88. The molecule has 1 aliphatic rings. The van der Waals surface area contributed by atoms with E-state index in [-0.39, 0.29) is 5.88 Å². The molecule has 1 aliphatic heterocycles. The van der Waals surface area contributed by atoms with Crippen LogP contribution in [0.3, 0.4) is 0 Å². The number of carbonyl (C=O) groups excluding carboxylic acids is 1. The zero-order chi connectivity index (χ0) is 20.7. The third kappa shape index (κ3) is 3.37. The second-order valence-electron chi connectivity index (χ2n) is 7.08. The fourth-order valence-corrected chi connectivity index (χ4v) is 4.15. The highest BCUT2D eigenvalue weighted by Gasteiger charge is 2.50. The van der Waals surface area contributed by atoms with E-state index in [2.05, 4.69) is 15.9 Å². The Labute approximate surface area is 175 Å². The lowest BCUT2D eigenvalue weighted by Gasteiger charge is -2.26. The van der Waals surface area contributed by atoms with E-state index < -0.39 is 31.7 Å². The van der Waals surface area contributed by atoms with Crippen LogP contribution in [0, 0.1) is 0 Å². The van der Waals surface area contributed by atoms with Crippen LogP contribution < -0.4 is 5.73 Å². The average Bonchev–Trinajstić information content (AvgIpc) is 2.86. The molecule has 1 atom stereocenters. The Balaban J connectivity index is 1.93. The van der Waals surface area contributed by atoms with Crippen molar-refractivity contribution in [2.75, 3.05) is 0 Å². The lowest BCUT2D eigenvalue weighted by molar-refractivity contribution is -0.126. The number of ether oxygens (including phenoxy) is 1. The Hall–Kier alpha value is -2.13. The number of benzene rings is 2. The van der Waals surface area contributed by atoms with E-state index in [1.165, 1.54) is 23.5 Å². The van der Waals surface area contributed by atoms with Gasteiger partial charge in [-0.1, -0.05) is 58.4 Å². The highest BCUT2D eigenvalue weighted by molar-refractivity contribution is 9.10. The summed E-state index contributed by atoms with van der Waals surface area (Å²) in [5, 5.41) is 0. The Kier molecular flexibility index (Phi) is 5.18. The van der Waals surface area contributed by atoms with Crippen molar-refractivity contribution in [2.45, 2.75) is 10.0 Å². The monoisotopic (exact) mass is 459 g/mol. The summed E-state index contributed by atoms with van der Waals surface area (Å²) in [6, 6.07) is 15.5. The molecule has 28 heavy (non-hydrogen) atoms. The maximum absolute atomic E-state index is 13.0. The van der Waals surface area contributed by atoms with Crippen molar-refractivity contribution in [1.29, 1.82) is 0 Å². The van der Waals surface area contributed by atoms with Crippen molar-refractivity contribution >= 4 is 55.4 Å². The van der Waals surface area contributed by atoms with Crippen LogP contribution in [0.25, 0.3) is 0 Å². The molecule has 0 unspecified atom stereocenters. The van der Waals surface area contributed by atoms with Crippen molar-refractivity contribution in [3.05, 3.63) is 81.8 Å². The van der Waals surface area contributed by atoms with E-state index in [4.69, 9.17) is 14.7 Å². The Morgan fingerprint density at radius 2 is 1.64 bits per heavy atom. The number of Topliss-reactive ketones (excluding diaryl/α,β-unsaturated/α-hetero) is 1. The van der Waals surface area contributed by atoms with E-state index >= 15 is 0 Å². The summed E-state index contributed by atoms with van der Waals surface area (Å²) in [6.07, 6.45) is 0. The minimum Gasteiger partial charge on any atom is -0.467 e. The van der Waals surface area contributed by atoms with Crippen molar-refractivity contribution in [1.82, 2.24) is 0 Å². The van der Waals surface area contributed by atoms with Crippen molar-refractivity contribution < 1.29 is 22.1 Å². The third-order valence-corrected chi connectivity index (χ3v) is 7.26. The van der Waals surface area contributed by atoms with Gasteiger partial charge in [-0.3, -0.25) is 4.79 Å². The fraction of sp³-hybridized carbons (Fsp3) is 0.118. The topological polar surface area (TPSA) is 95.7 Å². The van der Waals surface area contributed by atoms with Crippen molar-refractivity contribution in [3.8, 4) is 0 Å². The molecule has 0 saturated carbocycles. The molecule has 11 heteroatoms. The lowest BCUT2D eigenvalue weighted by Crippen LogP contribution is -2.40. The number of rotatable bonds is 5. The van der Waals surface area contributed by atoms with Crippen LogP contribution in [-0.4, -0.2) is 37.7 Å². The molecule has 3 rings (SSSR count). The summed E-state index contributed by atoms with van der Waals surface area (Å²) in [4.78, 5) is 13.0. The van der Waals surface area contributed by atoms with Crippen LogP contribution >= 0.6 is 15.9 Å². The molecular formula is C17H17B3BrNO5S. The van der Waals surface area contributed by atoms with E-state index in [9.17, 15) is 13.2 Å². The number of carbonyl (C=O) groups is 1. The summed E-state index contributed by atoms with van der Waals surface area (Å²) in [6.45, 7) is 0. The summed E-state index contributed by atoms with van der Waals surface area (Å²) in [5.41, 5.74) is 5.43. The first-order chi connectivity index (χ1) is 13.0. The van der Waals surface area contributed by atoms with E-state index in [1.807, 2.05) is 0 Å². The van der Waals surface area contributed by atoms with Gasteiger partial charge in [-0.05, 0) is 23.3 Å². The summed E-state index contributed by atoms with van der Waals surface area (Å²) in [5.74, 6) is -1.52. The first-order valence-electron chi connectivity index (χ1n) is 8.48. The largest absolute Gasteiger partial charge is 0.467 e. The second kappa shape index (κ2) is 7.04. The first kappa shape index (κ1) is 20.6. The van der Waals surface area contributed by atoms with Gasteiger partial charge in [0.05, 0.1) is 4.55 Å². The van der Waals surface area contributed by atoms with E-state index in [0.29, 0.717) is 11.1 Å². The molecule has 0 saturated heterocycles. The zero-order valence-electron chi connectivity index (χ0n) is 15.6. The maximum atomic E-state index is 13.0. The molecule has 0 amide bonds. The summed E-state index contributed by atoms with van der Waals surface area (Å²) >= 11 is 3.33. The molecule has 0 radical (unpaired) electrons. The smallest absolute Gasteiger partial charge is 0.304 e. The van der Waals surface area contributed by atoms with Gasteiger partial charge in [0.15, 0.2) is 13.3 Å². The van der Waals surface area contributed by atoms with Gasteiger partial charge in [0.25, 0.3) is 0 Å². The molecule has 0 spiro atoms. The van der Waals surface area contributed by atoms with Gasteiger partial charge >= 0.3 is 10.1 Å². The number of nitrogens with two attached hydrogens (primary N) is 1. The van der Waals surface area contributed by atoms with Gasteiger partial charge in [-0.2, -0.15) is 8.42 Å².